The quantitative estimate of drug-likeness (QED) is 0.858. The number of amides is 1. The van der Waals surface area contributed by atoms with E-state index in [-0.39, 0.29) is 12.0 Å². The Bertz CT molecular complexity index is 466. The lowest BCUT2D eigenvalue weighted by atomic mass is 9.98. The van der Waals surface area contributed by atoms with E-state index >= 15 is 0 Å². The maximum atomic E-state index is 12.2. The summed E-state index contributed by atoms with van der Waals surface area (Å²) < 4.78 is 5.72. The molecule has 0 aromatic heterocycles. The maximum absolute atomic E-state index is 12.2. The van der Waals surface area contributed by atoms with Gasteiger partial charge in [0.25, 0.3) is 5.91 Å². The van der Waals surface area contributed by atoms with Gasteiger partial charge in [-0.1, -0.05) is 40.5 Å². The third kappa shape index (κ3) is 2.85. The highest BCUT2D eigenvalue weighted by molar-refractivity contribution is 9.09. The highest BCUT2D eigenvalue weighted by Crippen LogP contribution is 2.32. The number of carbonyl (C=O) groups excluding carboxylic acids is 1. The van der Waals surface area contributed by atoms with Crippen molar-refractivity contribution < 1.29 is 9.53 Å². The van der Waals surface area contributed by atoms with E-state index in [1.165, 1.54) is 19.3 Å². The molecule has 1 aliphatic heterocycles. The van der Waals surface area contributed by atoms with Crippen LogP contribution in [0.4, 0.5) is 0 Å². The fourth-order valence-electron chi connectivity index (χ4n) is 3.26. The highest BCUT2D eigenvalue weighted by atomic mass is 79.9. The SMILES string of the molecule is O=C(NCC1CCCC1CBr)C1Cc2ccccc2O1. The first-order valence-electron chi connectivity index (χ1n) is 7.36. The second-order valence-corrected chi connectivity index (χ2v) is 6.42. The fraction of sp³-hybridized carbons (Fsp3) is 0.562. The van der Waals surface area contributed by atoms with Crippen molar-refractivity contribution in [3.63, 3.8) is 0 Å². The molecule has 0 radical (unpaired) electrons. The van der Waals surface area contributed by atoms with Gasteiger partial charge in [0.15, 0.2) is 6.10 Å². The average Bonchev–Trinajstić information content (AvgIpc) is 3.10. The van der Waals surface area contributed by atoms with Crippen molar-refractivity contribution in [1.82, 2.24) is 5.32 Å². The van der Waals surface area contributed by atoms with Crippen LogP contribution in [0.2, 0.25) is 0 Å². The molecule has 108 valence electrons. The van der Waals surface area contributed by atoms with Crippen molar-refractivity contribution in [2.75, 3.05) is 11.9 Å². The lowest BCUT2D eigenvalue weighted by Crippen LogP contribution is -2.40. The average molecular weight is 338 g/mol. The predicted molar refractivity (Wildman–Crippen MR) is 82.2 cm³/mol. The van der Waals surface area contributed by atoms with Crippen molar-refractivity contribution >= 4 is 21.8 Å². The summed E-state index contributed by atoms with van der Waals surface area (Å²) in [5, 5.41) is 4.12. The smallest absolute Gasteiger partial charge is 0.261 e. The van der Waals surface area contributed by atoms with Crippen LogP contribution in [0.1, 0.15) is 24.8 Å². The second kappa shape index (κ2) is 6.17. The molecule has 3 rings (SSSR count). The Labute approximate surface area is 128 Å². The first-order chi connectivity index (χ1) is 9.78. The van der Waals surface area contributed by atoms with Gasteiger partial charge in [0.2, 0.25) is 0 Å². The lowest BCUT2D eigenvalue weighted by molar-refractivity contribution is -0.127. The number of para-hydroxylation sites is 1. The molecule has 2 aliphatic rings. The number of carbonyl (C=O) groups is 1. The third-order valence-corrected chi connectivity index (χ3v) is 5.32. The van der Waals surface area contributed by atoms with E-state index < -0.39 is 0 Å². The van der Waals surface area contributed by atoms with E-state index in [0.29, 0.717) is 18.3 Å². The number of fused-ring (bicyclic) bond motifs is 1. The molecule has 0 spiro atoms. The topological polar surface area (TPSA) is 38.3 Å². The van der Waals surface area contributed by atoms with Crippen LogP contribution in [-0.4, -0.2) is 23.9 Å². The van der Waals surface area contributed by atoms with E-state index in [0.717, 1.165) is 23.2 Å². The Morgan fingerprint density at radius 1 is 1.30 bits per heavy atom. The molecule has 1 aromatic rings. The summed E-state index contributed by atoms with van der Waals surface area (Å²) in [6.07, 6.45) is 4.12. The molecule has 1 amide bonds. The third-order valence-electron chi connectivity index (χ3n) is 4.49. The van der Waals surface area contributed by atoms with E-state index in [1.807, 2.05) is 24.3 Å². The zero-order valence-electron chi connectivity index (χ0n) is 11.5. The van der Waals surface area contributed by atoms with Crippen molar-refractivity contribution in [3.8, 4) is 5.75 Å². The number of rotatable bonds is 4. The lowest BCUT2D eigenvalue weighted by Gasteiger charge is -2.19. The number of alkyl halides is 1. The molecule has 0 bridgehead atoms. The second-order valence-electron chi connectivity index (χ2n) is 5.77. The minimum atomic E-state index is -0.351. The normalized spacial score (nSPS) is 27.9. The van der Waals surface area contributed by atoms with Gasteiger partial charge >= 0.3 is 0 Å². The van der Waals surface area contributed by atoms with Gasteiger partial charge in [-0.05, 0) is 36.3 Å². The van der Waals surface area contributed by atoms with Crippen LogP contribution < -0.4 is 10.1 Å². The summed E-state index contributed by atoms with van der Waals surface area (Å²) in [7, 11) is 0. The summed E-state index contributed by atoms with van der Waals surface area (Å²) in [5.74, 6) is 2.20. The number of ether oxygens (including phenoxy) is 1. The van der Waals surface area contributed by atoms with Gasteiger partial charge in [-0.15, -0.1) is 0 Å². The molecule has 1 N–H and O–H groups in total. The molecule has 3 unspecified atom stereocenters. The number of hydrogen-bond acceptors (Lipinski definition) is 2. The first kappa shape index (κ1) is 13.9. The maximum Gasteiger partial charge on any atom is 0.261 e. The zero-order valence-corrected chi connectivity index (χ0v) is 13.1. The summed E-state index contributed by atoms with van der Waals surface area (Å²) >= 11 is 3.57. The largest absolute Gasteiger partial charge is 0.480 e. The van der Waals surface area contributed by atoms with Gasteiger partial charge in [0, 0.05) is 18.3 Å². The Hall–Kier alpha value is -1.03. The van der Waals surface area contributed by atoms with E-state index in [2.05, 4.69) is 21.2 Å². The van der Waals surface area contributed by atoms with Gasteiger partial charge in [-0.25, -0.2) is 0 Å². The number of nitrogens with one attached hydrogen (secondary N) is 1. The molecule has 1 fully saturated rings. The highest BCUT2D eigenvalue weighted by Gasteiger charge is 2.31. The summed E-state index contributed by atoms with van der Waals surface area (Å²) in [6.45, 7) is 0.783. The van der Waals surface area contributed by atoms with Gasteiger partial charge in [0.1, 0.15) is 5.75 Å². The molecule has 1 aromatic carbocycles. The van der Waals surface area contributed by atoms with E-state index in [9.17, 15) is 4.79 Å². The van der Waals surface area contributed by atoms with Crippen molar-refractivity contribution in [2.24, 2.45) is 11.8 Å². The van der Waals surface area contributed by atoms with Crippen LogP contribution in [0, 0.1) is 11.8 Å². The minimum Gasteiger partial charge on any atom is -0.480 e. The van der Waals surface area contributed by atoms with Gasteiger partial charge in [0.05, 0.1) is 0 Å². The van der Waals surface area contributed by atoms with E-state index in [1.54, 1.807) is 0 Å². The molecule has 0 saturated heterocycles. The standard InChI is InChI=1S/C16H20BrNO2/c17-9-12-5-3-6-13(12)10-18-16(19)15-8-11-4-1-2-7-14(11)20-15/h1-2,4,7,12-13,15H,3,5-6,8-10H2,(H,18,19). The Kier molecular flexibility index (Phi) is 4.29. The monoisotopic (exact) mass is 337 g/mol. The number of halogens is 1. The molecular weight excluding hydrogens is 318 g/mol. The number of hydrogen-bond donors (Lipinski definition) is 1. The number of benzene rings is 1. The van der Waals surface area contributed by atoms with Gasteiger partial charge in [-0.3, -0.25) is 4.79 Å². The molecule has 20 heavy (non-hydrogen) atoms. The predicted octanol–water partition coefficient (Wildman–Crippen LogP) is 2.92. The van der Waals surface area contributed by atoms with Crippen molar-refractivity contribution in [2.45, 2.75) is 31.8 Å². The molecule has 3 nitrogen and oxygen atoms in total. The Balaban J connectivity index is 1.51. The molecular formula is C16H20BrNO2. The summed E-state index contributed by atoms with van der Waals surface area (Å²) in [5.41, 5.74) is 1.13. The van der Waals surface area contributed by atoms with Gasteiger partial charge < -0.3 is 10.1 Å². The van der Waals surface area contributed by atoms with Crippen LogP contribution in [0.15, 0.2) is 24.3 Å². The van der Waals surface area contributed by atoms with Crippen molar-refractivity contribution in [1.29, 1.82) is 0 Å². The first-order valence-corrected chi connectivity index (χ1v) is 8.48. The van der Waals surface area contributed by atoms with Gasteiger partial charge in [-0.2, -0.15) is 0 Å². The van der Waals surface area contributed by atoms with E-state index in [4.69, 9.17) is 4.74 Å². The summed E-state index contributed by atoms with van der Waals surface area (Å²) in [4.78, 5) is 12.2. The van der Waals surface area contributed by atoms with Crippen LogP contribution in [-0.2, 0) is 11.2 Å². The molecule has 3 atom stereocenters. The van der Waals surface area contributed by atoms with Crippen LogP contribution >= 0.6 is 15.9 Å². The van der Waals surface area contributed by atoms with Crippen LogP contribution in [0.25, 0.3) is 0 Å². The van der Waals surface area contributed by atoms with Crippen LogP contribution in [0.3, 0.4) is 0 Å². The molecule has 4 heteroatoms. The fourth-order valence-corrected chi connectivity index (χ4v) is 4.11. The Morgan fingerprint density at radius 2 is 2.10 bits per heavy atom. The Morgan fingerprint density at radius 3 is 2.90 bits per heavy atom. The minimum absolute atomic E-state index is 0.0291. The van der Waals surface area contributed by atoms with Crippen molar-refractivity contribution in [3.05, 3.63) is 29.8 Å². The molecule has 1 heterocycles. The molecule has 1 saturated carbocycles. The van der Waals surface area contributed by atoms with Crippen LogP contribution in [0.5, 0.6) is 5.75 Å². The summed E-state index contributed by atoms with van der Waals surface area (Å²) in [6, 6.07) is 7.89. The zero-order chi connectivity index (χ0) is 13.9. The molecule has 1 aliphatic carbocycles.